The van der Waals surface area contributed by atoms with E-state index in [2.05, 4.69) is 0 Å². The smallest absolute Gasteiger partial charge is 0.347 e. The van der Waals surface area contributed by atoms with Gasteiger partial charge in [0.25, 0.3) is 0 Å². The monoisotopic (exact) mass is 233 g/mol. The lowest BCUT2D eigenvalue weighted by atomic mass is 10.4. The molecule has 14 heavy (non-hydrogen) atoms. The molecule has 0 saturated heterocycles. The lowest BCUT2D eigenvalue weighted by Crippen LogP contribution is -2.11. The summed E-state index contributed by atoms with van der Waals surface area (Å²) in [5.41, 5.74) is 0.384. The summed E-state index contributed by atoms with van der Waals surface area (Å²) in [6, 6.07) is 0. The van der Waals surface area contributed by atoms with E-state index in [0.29, 0.717) is 5.69 Å². The molecular weight excluding hydrogens is 226 g/mol. The summed E-state index contributed by atoms with van der Waals surface area (Å²) in [5, 5.41) is 17.3. The Morgan fingerprint density at radius 2 is 2.07 bits per heavy atom. The largest absolute Gasteiger partial charge is 0.480 e. The van der Waals surface area contributed by atoms with E-state index in [9.17, 15) is 9.59 Å². The normalized spacial score (nSPS) is 10.1. The van der Waals surface area contributed by atoms with Crippen LogP contribution in [0.25, 0.3) is 0 Å². The molecule has 5 nitrogen and oxygen atoms in total. The summed E-state index contributed by atoms with van der Waals surface area (Å²) in [7, 11) is 0. The van der Waals surface area contributed by atoms with Crippen LogP contribution in [-0.2, 0) is 11.3 Å². The predicted molar refractivity (Wildman–Crippen MR) is 52.5 cm³/mol. The number of carboxylic acids is 2. The van der Waals surface area contributed by atoms with Crippen LogP contribution in [0.3, 0.4) is 0 Å². The van der Waals surface area contributed by atoms with Crippen LogP contribution in [-0.4, -0.2) is 26.7 Å². The maximum absolute atomic E-state index is 10.7. The summed E-state index contributed by atoms with van der Waals surface area (Å²) in [5.74, 6) is -2.12. The van der Waals surface area contributed by atoms with Crippen LogP contribution in [0.2, 0.25) is 0 Å². The Kier molecular flexibility index (Phi) is 3.02. The summed E-state index contributed by atoms with van der Waals surface area (Å²) in [4.78, 5) is 21.2. The van der Waals surface area contributed by atoms with E-state index in [4.69, 9.17) is 22.4 Å². The third kappa shape index (κ3) is 1.99. The van der Waals surface area contributed by atoms with E-state index < -0.39 is 11.9 Å². The number of thiazole rings is 1. The first-order valence-electron chi connectivity index (χ1n) is 3.58. The van der Waals surface area contributed by atoms with Crippen molar-refractivity contribution in [2.45, 2.75) is 13.5 Å². The topological polar surface area (TPSA) is 79.5 Å². The number of hydrogen-bond donors (Lipinski definition) is 2. The van der Waals surface area contributed by atoms with Gasteiger partial charge in [0, 0.05) is 5.69 Å². The van der Waals surface area contributed by atoms with Crippen molar-refractivity contribution in [2.75, 3.05) is 0 Å². The number of aromatic carboxylic acids is 1. The Balaban J connectivity index is 3.25. The third-order valence-electron chi connectivity index (χ3n) is 1.63. The van der Waals surface area contributed by atoms with Gasteiger partial charge in [0.1, 0.15) is 11.4 Å². The van der Waals surface area contributed by atoms with Crippen molar-refractivity contribution in [1.82, 2.24) is 4.57 Å². The molecule has 7 heteroatoms. The second-order valence-electron chi connectivity index (χ2n) is 2.57. The highest BCUT2D eigenvalue weighted by molar-refractivity contribution is 7.73. The first kappa shape index (κ1) is 10.9. The van der Waals surface area contributed by atoms with Gasteiger partial charge >= 0.3 is 11.9 Å². The SMILES string of the molecule is Cc1c(C(=O)O)sc(=S)n1CC(=O)O. The molecule has 1 heterocycles. The number of aromatic nitrogens is 1. The lowest BCUT2D eigenvalue weighted by Gasteiger charge is -2.00. The summed E-state index contributed by atoms with van der Waals surface area (Å²) in [6.45, 7) is 1.24. The van der Waals surface area contributed by atoms with Gasteiger partial charge in [-0.2, -0.15) is 0 Å². The fraction of sp³-hybridized carbons (Fsp3) is 0.286. The highest BCUT2D eigenvalue weighted by Gasteiger charge is 2.15. The second kappa shape index (κ2) is 3.89. The van der Waals surface area contributed by atoms with Crippen molar-refractivity contribution >= 4 is 35.5 Å². The van der Waals surface area contributed by atoms with Crippen molar-refractivity contribution in [2.24, 2.45) is 0 Å². The fourth-order valence-corrected chi connectivity index (χ4v) is 2.28. The first-order valence-corrected chi connectivity index (χ1v) is 4.81. The summed E-state index contributed by atoms with van der Waals surface area (Å²) < 4.78 is 1.56. The second-order valence-corrected chi connectivity index (χ2v) is 4.21. The molecule has 0 fully saturated rings. The lowest BCUT2D eigenvalue weighted by molar-refractivity contribution is -0.137. The predicted octanol–water partition coefficient (Wildman–Crippen LogP) is 1.37. The van der Waals surface area contributed by atoms with Gasteiger partial charge in [-0.3, -0.25) is 4.79 Å². The van der Waals surface area contributed by atoms with Gasteiger partial charge in [-0.1, -0.05) is 11.3 Å². The molecule has 0 aliphatic heterocycles. The van der Waals surface area contributed by atoms with Crippen LogP contribution >= 0.6 is 23.6 Å². The van der Waals surface area contributed by atoms with Crippen molar-refractivity contribution in [1.29, 1.82) is 0 Å². The van der Waals surface area contributed by atoms with Gasteiger partial charge in [0.2, 0.25) is 0 Å². The van der Waals surface area contributed by atoms with Crippen molar-refractivity contribution in [3.63, 3.8) is 0 Å². The van der Waals surface area contributed by atoms with Crippen LogP contribution < -0.4 is 0 Å². The van der Waals surface area contributed by atoms with E-state index in [1.165, 1.54) is 4.57 Å². The molecule has 1 aromatic rings. The van der Waals surface area contributed by atoms with Gasteiger partial charge in [-0.25, -0.2) is 4.79 Å². The number of rotatable bonds is 3. The summed E-state index contributed by atoms with van der Waals surface area (Å²) >= 11 is 5.76. The molecule has 0 aromatic carbocycles. The first-order chi connectivity index (χ1) is 6.43. The standard InChI is InChI=1S/C7H7NO4S2/c1-3-5(6(11)12)14-7(13)8(3)2-4(9)10/h2H2,1H3,(H,9,10)(H,11,12). The third-order valence-corrected chi connectivity index (χ3v) is 3.17. The molecule has 0 saturated carbocycles. The minimum atomic E-state index is -1.08. The Morgan fingerprint density at radius 3 is 2.43 bits per heavy atom. The zero-order valence-electron chi connectivity index (χ0n) is 7.18. The molecule has 1 rings (SSSR count). The highest BCUT2D eigenvalue weighted by atomic mass is 32.1. The minimum absolute atomic E-state index is 0.0938. The number of aliphatic carboxylic acids is 1. The van der Waals surface area contributed by atoms with Crippen molar-refractivity contribution < 1.29 is 19.8 Å². The molecule has 0 unspecified atom stereocenters. The Morgan fingerprint density at radius 1 is 1.50 bits per heavy atom. The molecule has 0 atom stereocenters. The Bertz CT molecular complexity index is 445. The fourth-order valence-electron chi connectivity index (χ4n) is 0.993. The molecular formula is C7H7NO4S2. The van der Waals surface area contributed by atoms with Crippen LogP contribution in [0.4, 0.5) is 0 Å². The van der Waals surface area contributed by atoms with E-state index in [0.717, 1.165) is 11.3 Å². The number of hydrogen-bond acceptors (Lipinski definition) is 4. The van der Waals surface area contributed by atoms with Crippen LogP contribution in [0, 0.1) is 10.9 Å². The average molecular weight is 233 g/mol. The summed E-state index contributed by atoms with van der Waals surface area (Å²) in [6.07, 6.45) is 0. The van der Waals surface area contributed by atoms with E-state index in [1.807, 2.05) is 0 Å². The van der Waals surface area contributed by atoms with Gasteiger partial charge in [-0.05, 0) is 19.1 Å². The molecule has 0 amide bonds. The Labute approximate surface area is 88.2 Å². The number of carboxylic acid groups (broad SMARTS) is 2. The van der Waals surface area contributed by atoms with Crippen LogP contribution in [0.5, 0.6) is 0 Å². The van der Waals surface area contributed by atoms with Crippen LogP contribution in [0.15, 0.2) is 0 Å². The Hall–Kier alpha value is -1.21. The zero-order valence-corrected chi connectivity index (χ0v) is 8.81. The quantitative estimate of drug-likeness (QED) is 0.771. The molecule has 0 aliphatic carbocycles. The maximum Gasteiger partial charge on any atom is 0.347 e. The van der Waals surface area contributed by atoms with Crippen molar-refractivity contribution in [3.05, 3.63) is 14.5 Å². The molecule has 76 valence electrons. The average Bonchev–Trinajstić information content (AvgIpc) is 2.31. The van der Waals surface area contributed by atoms with Crippen molar-refractivity contribution in [3.8, 4) is 0 Å². The highest BCUT2D eigenvalue weighted by Crippen LogP contribution is 2.18. The number of nitrogens with zero attached hydrogens (tertiary/aromatic N) is 1. The number of carbonyl (C=O) groups is 2. The van der Waals surface area contributed by atoms with E-state index >= 15 is 0 Å². The van der Waals surface area contributed by atoms with E-state index in [-0.39, 0.29) is 15.4 Å². The molecule has 0 radical (unpaired) electrons. The molecule has 0 spiro atoms. The van der Waals surface area contributed by atoms with Gasteiger partial charge < -0.3 is 14.8 Å². The van der Waals surface area contributed by atoms with Gasteiger partial charge in [0.15, 0.2) is 3.95 Å². The molecule has 0 aliphatic rings. The maximum atomic E-state index is 10.7. The van der Waals surface area contributed by atoms with Crippen LogP contribution in [0.1, 0.15) is 15.4 Å². The van der Waals surface area contributed by atoms with Gasteiger partial charge in [-0.15, -0.1) is 0 Å². The molecule has 0 bridgehead atoms. The molecule has 2 N–H and O–H groups in total. The van der Waals surface area contributed by atoms with E-state index in [1.54, 1.807) is 6.92 Å². The van der Waals surface area contributed by atoms with Gasteiger partial charge in [0.05, 0.1) is 0 Å². The zero-order chi connectivity index (χ0) is 10.9. The minimum Gasteiger partial charge on any atom is -0.480 e. The molecule has 1 aromatic heterocycles.